The number of nitrogens with zero attached hydrogens (tertiary/aromatic N) is 6. The number of aromatic nitrogens is 5. The zero-order chi connectivity index (χ0) is 27.6. The van der Waals surface area contributed by atoms with Crippen LogP contribution in [0.2, 0.25) is 0 Å². The first-order chi connectivity index (χ1) is 20.2. The van der Waals surface area contributed by atoms with Crippen LogP contribution in [0.4, 0.5) is 0 Å². The minimum Gasteiger partial charge on any atom is -0.363 e. The van der Waals surface area contributed by atoms with Crippen molar-refractivity contribution >= 4 is 11.7 Å². The van der Waals surface area contributed by atoms with E-state index in [1.807, 2.05) is 47.8 Å². The van der Waals surface area contributed by atoms with Crippen molar-refractivity contribution < 1.29 is 4.79 Å². The van der Waals surface area contributed by atoms with Gasteiger partial charge in [-0.1, -0.05) is 30.3 Å². The van der Waals surface area contributed by atoms with Gasteiger partial charge in [-0.25, -0.2) is 15.0 Å². The fourth-order valence-electron chi connectivity index (χ4n) is 6.02. The Morgan fingerprint density at radius 3 is 2.56 bits per heavy atom. The molecule has 0 spiro atoms. The van der Waals surface area contributed by atoms with Gasteiger partial charge in [0.05, 0.1) is 43.0 Å². The van der Waals surface area contributed by atoms with E-state index < -0.39 is 0 Å². The molecule has 3 aliphatic heterocycles. The van der Waals surface area contributed by atoms with Gasteiger partial charge in [-0.3, -0.25) is 14.8 Å². The summed E-state index contributed by atoms with van der Waals surface area (Å²) in [6.07, 6.45) is 13.7. The Morgan fingerprint density at radius 1 is 0.927 bits per heavy atom. The number of carbonyl (C=O) groups is 1. The second kappa shape index (κ2) is 11.2. The highest BCUT2D eigenvalue weighted by atomic mass is 16.2. The van der Waals surface area contributed by atoms with Crippen molar-refractivity contribution in [2.45, 2.75) is 50.2 Å². The van der Waals surface area contributed by atoms with E-state index in [0.29, 0.717) is 24.8 Å². The van der Waals surface area contributed by atoms with Crippen LogP contribution in [-0.4, -0.2) is 67.2 Å². The van der Waals surface area contributed by atoms with Crippen LogP contribution in [0.1, 0.15) is 54.7 Å². The van der Waals surface area contributed by atoms with Crippen molar-refractivity contribution in [3.05, 3.63) is 84.3 Å². The largest absolute Gasteiger partial charge is 0.363 e. The molecule has 208 valence electrons. The molecule has 4 aromatic rings. The highest BCUT2D eigenvalue weighted by Gasteiger charge is 2.35. The number of amidine groups is 1. The van der Waals surface area contributed by atoms with E-state index in [1.165, 1.54) is 6.42 Å². The number of carbonyl (C=O) groups excluding carboxylic acids is 1. The smallest absolute Gasteiger partial charge is 0.227 e. The first-order valence-electron chi connectivity index (χ1n) is 14.4. The standard InChI is InChI=1S/C31H33N9O/c41-28(14-20-4-1-11-32-15-20)40-13-3-6-27(40)31-37-19-26(39-31)23-16-34-29(35-17-23)22-9-7-21(8-10-22)25-18-36-30(38-25)24-5-2-12-33-24/h1,4,7-11,15-18,24,26-27,33H,2-3,5-6,12-14,19H2,(H,36,38)(H,37,39)/t24-,26?,27-/m0/s1. The van der Waals surface area contributed by atoms with Gasteiger partial charge < -0.3 is 20.5 Å². The molecule has 10 heteroatoms. The number of hydrogen-bond acceptors (Lipinski definition) is 8. The summed E-state index contributed by atoms with van der Waals surface area (Å²) in [5.74, 6) is 2.69. The van der Waals surface area contributed by atoms with Gasteiger partial charge in [0.15, 0.2) is 5.82 Å². The molecule has 7 rings (SSSR count). The van der Waals surface area contributed by atoms with Gasteiger partial charge in [0.1, 0.15) is 11.7 Å². The van der Waals surface area contributed by atoms with Crippen molar-refractivity contribution in [3.8, 4) is 22.6 Å². The van der Waals surface area contributed by atoms with Crippen molar-refractivity contribution in [1.29, 1.82) is 0 Å². The summed E-state index contributed by atoms with van der Waals surface area (Å²) in [5.41, 5.74) is 4.98. The molecule has 10 nitrogen and oxygen atoms in total. The second-order valence-electron chi connectivity index (χ2n) is 11.0. The molecule has 3 N–H and O–H groups in total. The van der Waals surface area contributed by atoms with Crippen LogP contribution < -0.4 is 10.6 Å². The third kappa shape index (κ3) is 5.35. The van der Waals surface area contributed by atoms with Crippen LogP contribution in [0, 0.1) is 0 Å². The number of H-pyrrole nitrogens is 1. The lowest BCUT2D eigenvalue weighted by Gasteiger charge is -2.26. The summed E-state index contributed by atoms with van der Waals surface area (Å²) in [5, 5.41) is 7.04. The molecule has 3 atom stereocenters. The van der Waals surface area contributed by atoms with E-state index in [4.69, 9.17) is 4.99 Å². The van der Waals surface area contributed by atoms with Crippen molar-refractivity contribution in [2.75, 3.05) is 19.6 Å². The maximum absolute atomic E-state index is 13.1. The topological polar surface area (TPSA) is 124 Å². The Hall–Kier alpha value is -4.44. The monoisotopic (exact) mass is 547 g/mol. The number of likely N-dealkylation sites (tertiary alicyclic amines) is 1. The first-order valence-corrected chi connectivity index (χ1v) is 14.4. The van der Waals surface area contributed by atoms with Gasteiger partial charge in [0.25, 0.3) is 0 Å². The molecule has 6 heterocycles. The van der Waals surface area contributed by atoms with Crippen LogP contribution >= 0.6 is 0 Å². The average molecular weight is 548 g/mol. The molecule has 41 heavy (non-hydrogen) atoms. The molecule has 0 aliphatic carbocycles. The lowest BCUT2D eigenvalue weighted by Crippen LogP contribution is -2.45. The quantitative estimate of drug-likeness (QED) is 0.323. The lowest BCUT2D eigenvalue weighted by molar-refractivity contribution is -0.130. The molecule has 0 bridgehead atoms. The Bertz CT molecular complexity index is 1530. The fraction of sp³-hybridized carbons (Fsp3) is 0.355. The van der Waals surface area contributed by atoms with Crippen LogP contribution in [0.15, 0.2) is 72.4 Å². The minimum atomic E-state index is -0.0109. The van der Waals surface area contributed by atoms with Gasteiger partial charge in [0, 0.05) is 42.5 Å². The van der Waals surface area contributed by atoms with Crippen LogP contribution in [0.3, 0.4) is 0 Å². The number of imidazole rings is 1. The number of hydrogen-bond donors (Lipinski definition) is 3. The Balaban J connectivity index is 0.975. The number of rotatable bonds is 7. The van der Waals surface area contributed by atoms with E-state index in [-0.39, 0.29) is 18.0 Å². The minimum absolute atomic E-state index is 0.00114. The molecule has 0 saturated carbocycles. The zero-order valence-electron chi connectivity index (χ0n) is 22.8. The molecular weight excluding hydrogens is 514 g/mol. The summed E-state index contributed by atoms with van der Waals surface area (Å²) < 4.78 is 0. The van der Waals surface area contributed by atoms with Crippen LogP contribution in [0.25, 0.3) is 22.6 Å². The molecule has 1 aromatic carbocycles. The van der Waals surface area contributed by atoms with E-state index in [2.05, 4.69) is 47.7 Å². The first kappa shape index (κ1) is 25.5. The third-order valence-electron chi connectivity index (χ3n) is 8.25. The number of pyridine rings is 1. The summed E-state index contributed by atoms with van der Waals surface area (Å²) >= 11 is 0. The molecule has 2 saturated heterocycles. The number of aromatic amines is 1. The molecule has 2 fully saturated rings. The zero-order valence-corrected chi connectivity index (χ0v) is 22.8. The predicted octanol–water partition coefficient (Wildman–Crippen LogP) is 3.63. The molecular formula is C31H33N9O. The SMILES string of the molecule is O=C(Cc1cccnc1)N1CCC[C@H]1C1=NCC(c2cnc(-c3ccc(-c4cnc([C@@H]5CCCN5)[nH]4)cc3)nc2)N1. The number of benzene rings is 1. The second-order valence-corrected chi connectivity index (χ2v) is 11.0. The summed E-state index contributed by atoms with van der Waals surface area (Å²) in [4.78, 5) is 41.3. The van der Waals surface area contributed by atoms with E-state index in [0.717, 1.165) is 72.0 Å². The van der Waals surface area contributed by atoms with Gasteiger partial charge >= 0.3 is 0 Å². The van der Waals surface area contributed by atoms with Gasteiger partial charge in [-0.2, -0.15) is 0 Å². The Morgan fingerprint density at radius 2 is 1.78 bits per heavy atom. The van der Waals surface area contributed by atoms with Crippen LogP contribution in [-0.2, 0) is 11.2 Å². The maximum Gasteiger partial charge on any atom is 0.227 e. The van der Waals surface area contributed by atoms with Crippen molar-refractivity contribution in [2.24, 2.45) is 4.99 Å². The Kier molecular flexibility index (Phi) is 6.98. The molecule has 1 unspecified atom stereocenters. The average Bonchev–Trinajstić information content (AvgIpc) is 3.84. The van der Waals surface area contributed by atoms with Crippen LogP contribution in [0.5, 0.6) is 0 Å². The van der Waals surface area contributed by atoms with E-state index in [9.17, 15) is 4.79 Å². The predicted molar refractivity (Wildman–Crippen MR) is 156 cm³/mol. The molecule has 3 aliphatic rings. The number of amides is 1. The summed E-state index contributed by atoms with van der Waals surface area (Å²) in [6.45, 7) is 2.41. The van der Waals surface area contributed by atoms with Gasteiger partial charge in [-0.15, -0.1) is 0 Å². The number of nitrogens with one attached hydrogen (secondary N) is 3. The molecule has 1 amide bonds. The van der Waals surface area contributed by atoms with Crippen molar-refractivity contribution in [3.63, 3.8) is 0 Å². The summed E-state index contributed by atoms with van der Waals surface area (Å²) in [7, 11) is 0. The van der Waals surface area contributed by atoms with E-state index in [1.54, 1.807) is 12.4 Å². The van der Waals surface area contributed by atoms with Gasteiger partial charge in [-0.05, 0) is 49.4 Å². The fourth-order valence-corrected chi connectivity index (χ4v) is 6.02. The normalized spacial score (nSPS) is 22.1. The highest BCUT2D eigenvalue weighted by Crippen LogP contribution is 2.27. The Labute approximate surface area is 238 Å². The summed E-state index contributed by atoms with van der Waals surface area (Å²) in [6, 6.07) is 12.4. The third-order valence-corrected chi connectivity index (χ3v) is 8.25. The van der Waals surface area contributed by atoms with E-state index >= 15 is 0 Å². The van der Waals surface area contributed by atoms with Crippen molar-refractivity contribution in [1.82, 2.24) is 40.5 Å². The number of aliphatic imine (C=N–C) groups is 1. The lowest BCUT2D eigenvalue weighted by atomic mass is 10.1. The van der Waals surface area contributed by atoms with Gasteiger partial charge in [0.2, 0.25) is 5.91 Å². The molecule has 3 aromatic heterocycles. The highest BCUT2D eigenvalue weighted by molar-refractivity contribution is 5.93. The molecule has 0 radical (unpaired) electrons. The maximum atomic E-state index is 13.1.